The van der Waals surface area contributed by atoms with E-state index < -0.39 is 23.6 Å². The van der Waals surface area contributed by atoms with E-state index in [0.29, 0.717) is 32.5 Å². The quantitative estimate of drug-likeness (QED) is 0.805. The van der Waals surface area contributed by atoms with Gasteiger partial charge in [0.1, 0.15) is 0 Å². The van der Waals surface area contributed by atoms with Crippen LogP contribution in [0.25, 0.3) is 0 Å². The van der Waals surface area contributed by atoms with Crippen LogP contribution >= 0.6 is 0 Å². The first-order chi connectivity index (χ1) is 9.23. The summed E-state index contributed by atoms with van der Waals surface area (Å²) in [7, 11) is 0. The van der Waals surface area contributed by atoms with E-state index in [1.165, 1.54) is 0 Å². The smallest absolute Gasteiger partial charge is 0.335 e. The summed E-state index contributed by atoms with van der Waals surface area (Å²) < 4.78 is 39.4. The van der Waals surface area contributed by atoms with E-state index in [1.807, 2.05) is 13.8 Å². The van der Waals surface area contributed by atoms with Gasteiger partial charge in [-0.3, -0.25) is 4.79 Å². The minimum absolute atomic E-state index is 0.0897. The topological polar surface area (TPSA) is 32.3 Å². The molecule has 0 spiro atoms. The molecule has 2 fully saturated rings. The predicted molar refractivity (Wildman–Crippen MR) is 70.2 cm³/mol. The molecule has 6 heteroatoms. The number of amides is 1. The molecule has 1 saturated carbocycles. The van der Waals surface area contributed by atoms with Crippen molar-refractivity contribution >= 4 is 5.91 Å². The number of rotatable bonds is 1. The SMILES string of the molecule is CC1(C)CNCCN1C(=O)C1CCCCC1C(F)(F)F. The lowest BCUT2D eigenvalue weighted by atomic mass is 9.77. The molecule has 1 aliphatic carbocycles. The van der Waals surface area contributed by atoms with Gasteiger partial charge in [-0.1, -0.05) is 12.8 Å². The number of alkyl halides is 3. The first-order valence-electron chi connectivity index (χ1n) is 7.32. The first kappa shape index (κ1) is 15.6. The number of carbonyl (C=O) groups is 1. The van der Waals surface area contributed by atoms with Gasteiger partial charge in [-0.05, 0) is 26.7 Å². The van der Waals surface area contributed by atoms with Crippen LogP contribution in [-0.2, 0) is 4.79 Å². The lowest BCUT2D eigenvalue weighted by molar-refractivity contribution is -0.202. The van der Waals surface area contributed by atoms with E-state index in [-0.39, 0.29) is 12.3 Å². The molecule has 1 amide bonds. The molecular formula is C14H23F3N2O. The van der Waals surface area contributed by atoms with Crippen LogP contribution in [0.5, 0.6) is 0 Å². The van der Waals surface area contributed by atoms with Gasteiger partial charge in [0.25, 0.3) is 0 Å². The molecule has 0 aromatic heterocycles. The monoisotopic (exact) mass is 292 g/mol. The molecule has 0 bridgehead atoms. The second kappa shape index (κ2) is 5.54. The van der Waals surface area contributed by atoms with Crippen LogP contribution in [0.4, 0.5) is 13.2 Å². The fourth-order valence-electron chi connectivity index (χ4n) is 3.41. The molecule has 0 radical (unpaired) electrons. The molecule has 0 aromatic carbocycles. The van der Waals surface area contributed by atoms with Gasteiger partial charge in [0.15, 0.2) is 0 Å². The maximum Gasteiger partial charge on any atom is 0.392 e. The summed E-state index contributed by atoms with van der Waals surface area (Å²) >= 11 is 0. The Morgan fingerprint density at radius 2 is 1.90 bits per heavy atom. The summed E-state index contributed by atoms with van der Waals surface area (Å²) in [6.07, 6.45) is -2.53. The Bertz CT molecular complexity index is 368. The number of piperazine rings is 1. The summed E-state index contributed by atoms with van der Waals surface area (Å²) in [5, 5.41) is 3.19. The number of nitrogens with zero attached hydrogens (tertiary/aromatic N) is 1. The molecule has 0 aromatic rings. The molecule has 1 aliphatic heterocycles. The molecule has 2 atom stereocenters. The van der Waals surface area contributed by atoms with Gasteiger partial charge in [-0.25, -0.2) is 0 Å². The maximum atomic E-state index is 13.1. The average Bonchev–Trinajstić information content (AvgIpc) is 2.36. The summed E-state index contributed by atoms with van der Waals surface area (Å²) in [5.74, 6) is -2.66. The second-order valence-electron chi connectivity index (χ2n) is 6.52. The Kier molecular flexibility index (Phi) is 4.33. The minimum Gasteiger partial charge on any atom is -0.335 e. The Morgan fingerprint density at radius 3 is 2.50 bits per heavy atom. The average molecular weight is 292 g/mol. The van der Waals surface area contributed by atoms with Crippen molar-refractivity contribution in [2.45, 2.75) is 51.2 Å². The van der Waals surface area contributed by atoms with Crippen LogP contribution in [0.2, 0.25) is 0 Å². The van der Waals surface area contributed by atoms with Gasteiger partial charge in [-0.2, -0.15) is 13.2 Å². The highest BCUT2D eigenvalue weighted by Gasteiger charge is 2.50. The van der Waals surface area contributed by atoms with Gasteiger partial charge in [0.2, 0.25) is 5.91 Å². The molecule has 1 N–H and O–H groups in total. The van der Waals surface area contributed by atoms with Crippen molar-refractivity contribution in [2.75, 3.05) is 19.6 Å². The largest absolute Gasteiger partial charge is 0.392 e. The molecule has 3 nitrogen and oxygen atoms in total. The van der Waals surface area contributed by atoms with Crippen molar-refractivity contribution in [1.82, 2.24) is 10.2 Å². The van der Waals surface area contributed by atoms with Crippen molar-refractivity contribution in [3.63, 3.8) is 0 Å². The van der Waals surface area contributed by atoms with Crippen molar-refractivity contribution < 1.29 is 18.0 Å². The fourth-order valence-corrected chi connectivity index (χ4v) is 3.41. The van der Waals surface area contributed by atoms with E-state index in [2.05, 4.69) is 5.32 Å². The molecule has 2 unspecified atom stereocenters. The fraction of sp³-hybridized carbons (Fsp3) is 0.929. The van der Waals surface area contributed by atoms with Gasteiger partial charge in [0, 0.05) is 31.1 Å². The van der Waals surface area contributed by atoms with Crippen LogP contribution in [-0.4, -0.2) is 42.2 Å². The summed E-state index contributed by atoms with van der Waals surface area (Å²) in [5.41, 5.74) is -0.414. The molecular weight excluding hydrogens is 269 g/mol. The van der Waals surface area contributed by atoms with Crippen LogP contribution < -0.4 is 5.32 Å². The molecule has 2 rings (SSSR count). The number of carbonyl (C=O) groups excluding carboxylic acids is 1. The van der Waals surface area contributed by atoms with Gasteiger partial charge in [0.05, 0.1) is 5.92 Å². The standard InChI is InChI=1S/C14H23F3N2O/c1-13(2)9-18-7-8-19(13)12(20)10-5-3-4-6-11(10)14(15,16)17/h10-11,18H,3-9H2,1-2H3. The Labute approximate surface area is 117 Å². The maximum absolute atomic E-state index is 13.1. The van der Waals surface area contributed by atoms with E-state index in [9.17, 15) is 18.0 Å². The zero-order valence-electron chi connectivity index (χ0n) is 12.1. The lowest BCUT2D eigenvalue weighted by Gasteiger charge is -2.46. The van der Waals surface area contributed by atoms with E-state index in [0.717, 1.165) is 6.42 Å². The van der Waals surface area contributed by atoms with Crippen LogP contribution in [0.3, 0.4) is 0 Å². The molecule has 116 valence electrons. The predicted octanol–water partition coefficient (Wildman–Crippen LogP) is 2.57. The molecule has 1 heterocycles. The lowest BCUT2D eigenvalue weighted by Crippen LogP contribution is -2.62. The Morgan fingerprint density at radius 1 is 1.25 bits per heavy atom. The molecule has 2 aliphatic rings. The number of nitrogens with one attached hydrogen (secondary N) is 1. The summed E-state index contributed by atoms with van der Waals surface area (Å²) in [6, 6.07) is 0. The number of halogens is 3. The van der Waals surface area contributed by atoms with Crippen LogP contribution in [0, 0.1) is 11.8 Å². The molecule has 1 saturated heterocycles. The van der Waals surface area contributed by atoms with Crippen molar-refractivity contribution in [1.29, 1.82) is 0 Å². The van der Waals surface area contributed by atoms with Crippen molar-refractivity contribution in [2.24, 2.45) is 11.8 Å². The third-order valence-corrected chi connectivity index (χ3v) is 4.57. The van der Waals surface area contributed by atoms with Crippen LogP contribution in [0.1, 0.15) is 39.5 Å². The normalized spacial score (nSPS) is 31.1. The Hall–Kier alpha value is -0.780. The van der Waals surface area contributed by atoms with Gasteiger partial charge in [-0.15, -0.1) is 0 Å². The van der Waals surface area contributed by atoms with Gasteiger partial charge >= 0.3 is 6.18 Å². The number of hydrogen-bond acceptors (Lipinski definition) is 2. The highest BCUT2D eigenvalue weighted by molar-refractivity contribution is 5.80. The first-order valence-corrected chi connectivity index (χ1v) is 7.32. The second-order valence-corrected chi connectivity index (χ2v) is 6.52. The molecule has 20 heavy (non-hydrogen) atoms. The highest BCUT2D eigenvalue weighted by atomic mass is 19.4. The van der Waals surface area contributed by atoms with Crippen LogP contribution in [0.15, 0.2) is 0 Å². The highest BCUT2D eigenvalue weighted by Crippen LogP contribution is 2.42. The van der Waals surface area contributed by atoms with Crippen molar-refractivity contribution in [3.8, 4) is 0 Å². The van der Waals surface area contributed by atoms with Gasteiger partial charge < -0.3 is 10.2 Å². The minimum atomic E-state index is -4.26. The third-order valence-electron chi connectivity index (χ3n) is 4.57. The number of hydrogen-bond donors (Lipinski definition) is 1. The van der Waals surface area contributed by atoms with E-state index in [1.54, 1.807) is 4.90 Å². The van der Waals surface area contributed by atoms with Crippen molar-refractivity contribution in [3.05, 3.63) is 0 Å². The van der Waals surface area contributed by atoms with E-state index >= 15 is 0 Å². The summed E-state index contributed by atoms with van der Waals surface area (Å²) in [6.45, 7) is 5.58. The zero-order chi connectivity index (χ0) is 15.0. The third kappa shape index (κ3) is 3.10. The Balaban J connectivity index is 2.17. The summed E-state index contributed by atoms with van der Waals surface area (Å²) in [4.78, 5) is 14.3. The van der Waals surface area contributed by atoms with E-state index in [4.69, 9.17) is 0 Å². The zero-order valence-corrected chi connectivity index (χ0v) is 12.1.